The molecule has 6 heteroatoms. The monoisotopic (exact) mass is 415 g/mol. The molecule has 2 aromatic carbocycles. The topological polar surface area (TPSA) is 52.3 Å². The molecular formula is C15H12Br2FNO2. The Morgan fingerprint density at radius 3 is 2.67 bits per heavy atom. The highest BCUT2D eigenvalue weighted by Gasteiger charge is 2.14. The van der Waals surface area contributed by atoms with E-state index in [0.717, 1.165) is 0 Å². The van der Waals surface area contributed by atoms with Gasteiger partial charge in [-0.3, -0.25) is 0 Å². The molecule has 0 aliphatic carbocycles. The number of halogens is 3. The van der Waals surface area contributed by atoms with E-state index in [0.29, 0.717) is 31.3 Å². The van der Waals surface area contributed by atoms with Crippen molar-refractivity contribution in [3.05, 3.63) is 61.8 Å². The van der Waals surface area contributed by atoms with Crippen LogP contribution in [0.4, 0.5) is 10.1 Å². The third-order valence-electron chi connectivity index (χ3n) is 2.99. The molecule has 0 bridgehead atoms. The van der Waals surface area contributed by atoms with Gasteiger partial charge in [-0.2, -0.15) is 0 Å². The highest BCUT2D eigenvalue weighted by Crippen LogP contribution is 2.24. The summed E-state index contributed by atoms with van der Waals surface area (Å²) in [7, 11) is 0. The number of ether oxygens (including phenoxy) is 1. The van der Waals surface area contributed by atoms with Crippen LogP contribution in [0, 0.1) is 12.7 Å². The largest absolute Gasteiger partial charge is 0.457 e. The fourth-order valence-electron chi connectivity index (χ4n) is 1.77. The van der Waals surface area contributed by atoms with Crippen LogP contribution < -0.4 is 5.73 Å². The van der Waals surface area contributed by atoms with Gasteiger partial charge in [0.15, 0.2) is 0 Å². The first kappa shape index (κ1) is 16.0. The molecule has 0 unspecified atom stereocenters. The van der Waals surface area contributed by atoms with Crippen LogP contribution in [-0.4, -0.2) is 5.97 Å². The summed E-state index contributed by atoms with van der Waals surface area (Å²) in [4.78, 5) is 12.1. The third-order valence-corrected chi connectivity index (χ3v) is 4.05. The average molecular weight is 417 g/mol. The Labute approximate surface area is 138 Å². The number of nitrogens with two attached hydrogens (primary N) is 1. The quantitative estimate of drug-likeness (QED) is 0.587. The van der Waals surface area contributed by atoms with E-state index in [2.05, 4.69) is 31.9 Å². The molecule has 0 radical (unpaired) electrons. The predicted octanol–water partition coefficient (Wildman–Crippen LogP) is 4.60. The smallest absolute Gasteiger partial charge is 0.338 e. The zero-order valence-corrected chi connectivity index (χ0v) is 14.3. The first-order valence-corrected chi connectivity index (χ1v) is 7.63. The van der Waals surface area contributed by atoms with Crippen LogP contribution in [0.5, 0.6) is 0 Å². The van der Waals surface area contributed by atoms with E-state index in [1.807, 2.05) is 0 Å². The van der Waals surface area contributed by atoms with Crippen molar-refractivity contribution < 1.29 is 13.9 Å². The second kappa shape index (κ2) is 6.58. The minimum Gasteiger partial charge on any atom is -0.457 e. The van der Waals surface area contributed by atoms with E-state index >= 15 is 0 Å². The van der Waals surface area contributed by atoms with Crippen molar-refractivity contribution in [2.24, 2.45) is 0 Å². The van der Waals surface area contributed by atoms with Gasteiger partial charge in [-0.05, 0) is 58.2 Å². The summed E-state index contributed by atoms with van der Waals surface area (Å²) in [5, 5.41) is 0. The minimum absolute atomic E-state index is 0.0591. The highest BCUT2D eigenvalue weighted by molar-refractivity contribution is 9.10. The molecule has 0 aliphatic rings. The van der Waals surface area contributed by atoms with Crippen LogP contribution in [-0.2, 0) is 11.3 Å². The van der Waals surface area contributed by atoms with Gasteiger partial charge in [-0.1, -0.05) is 22.0 Å². The molecule has 0 aliphatic heterocycles. The Kier molecular flexibility index (Phi) is 5.00. The molecule has 3 nitrogen and oxygen atoms in total. The molecule has 21 heavy (non-hydrogen) atoms. The minimum atomic E-state index is -0.471. The van der Waals surface area contributed by atoms with Gasteiger partial charge in [0.2, 0.25) is 0 Å². The van der Waals surface area contributed by atoms with E-state index in [-0.39, 0.29) is 12.4 Å². The highest BCUT2D eigenvalue weighted by atomic mass is 79.9. The molecule has 2 N–H and O–H groups in total. The van der Waals surface area contributed by atoms with E-state index in [1.54, 1.807) is 31.2 Å². The molecule has 0 saturated carbocycles. The number of hydrogen-bond acceptors (Lipinski definition) is 3. The molecule has 0 atom stereocenters. The Morgan fingerprint density at radius 2 is 2.00 bits per heavy atom. The fourth-order valence-corrected chi connectivity index (χ4v) is 2.67. The second-order valence-corrected chi connectivity index (χ2v) is 6.26. The SMILES string of the molecule is Cc1c(N)cc(Br)cc1C(=O)OCc1ccc(F)c(Br)c1. The normalized spacial score (nSPS) is 10.5. The summed E-state index contributed by atoms with van der Waals surface area (Å²) in [5.74, 6) is -0.832. The number of carbonyl (C=O) groups is 1. The molecule has 0 saturated heterocycles. The van der Waals surface area contributed by atoms with Crippen LogP contribution >= 0.6 is 31.9 Å². The fraction of sp³-hybridized carbons (Fsp3) is 0.133. The Hall–Kier alpha value is -1.40. The van der Waals surface area contributed by atoms with Gasteiger partial charge in [0.05, 0.1) is 10.0 Å². The van der Waals surface area contributed by atoms with Crippen molar-refractivity contribution in [3.63, 3.8) is 0 Å². The predicted molar refractivity (Wildman–Crippen MR) is 86.5 cm³/mol. The van der Waals surface area contributed by atoms with Crippen LogP contribution in [0.1, 0.15) is 21.5 Å². The van der Waals surface area contributed by atoms with Gasteiger partial charge in [-0.25, -0.2) is 9.18 Å². The summed E-state index contributed by atoms with van der Waals surface area (Å²) in [5.41, 5.74) is 8.10. The van der Waals surface area contributed by atoms with Crippen LogP contribution in [0.2, 0.25) is 0 Å². The molecule has 0 heterocycles. The summed E-state index contributed by atoms with van der Waals surface area (Å²) >= 11 is 6.38. The number of benzene rings is 2. The van der Waals surface area contributed by atoms with Gasteiger partial charge in [0.1, 0.15) is 12.4 Å². The zero-order valence-electron chi connectivity index (χ0n) is 11.1. The maximum absolute atomic E-state index is 13.1. The summed E-state index contributed by atoms with van der Waals surface area (Å²) in [6, 6.07) is 7.84. The lowest BCUT2D eigenvalue weighted by atomic mass is 10.1. The van der Waals surface area contributed by atoms with Gasteiger partial charge in [-0.15, -0.1) is 0 Å². The molecule has 0 aromatic heterocycles. The lowest BCUT2D eigenvalue weighted by Gasteiger charge is -2.10. The van der Waals surface area contributed by atoms with Gasteiger partial charge < -0.3 is 10.5 Å². The maximum Gasteiger partial charge on any atom is 0.338 e. The Morgan fingerprint density at radius 1 is 1.29 bits per heavy atom. The number of carbonyl (C=O) groups excluding carboxylic acids is 1. The van der Waals surface area contributed by atoms with Gasteiger partial charge in [0, 0.05) is 10.2 Å². The lowest BCUT2D eigenvalue weighted by Crippen LogP contribution is -2.09. The van der Waals surface area contributed by atoms with E-state index < -0.39 is 5.97 Å². The molecule has 2 rings (SSSR count). The lowest BCUT2D eigenvalue weighted by molar-refractivity contribution is 0.0471. The second-order valence-electron chi connectivity index (χ2n) is 4.49. The van der Waals surface area contributed by atoms with Crippen molar-refractivity contribution >= 4 is 43.5 Å². The third kappa shape index (κ3) is 3.83. The van der Waals surface area contributed by atoms with Crippen molar-refractivity contribution in [3.8, 4) is 0 Å². The van der Waals surface area contributed by atoms with Crippen LogP contribution in [0.15, 0.2) is 39.3 Å². The van der Waals surface area contributed by atoms with Gasteiger partial charge in [0.25, 0.3) is 0 Å². The van der Waals surface area contributed by atoms with E-state index in [1.165, 1.54) is 6.07 Å². The van der Waals surface area contributed by atoms with Crippen LogP contribution in [0.25, 0.3) is 0 Å². The number of hydrogen-bond donors (Lipinski definition) is 1. The molecular weight excluding hydrogens is 405 g/mol. The summed E-state index contributed by atoms with van der Waals surface area (Å²) in [6.07, 6.45) is 0. The number of nitrogen functional groups attached to an aromatic ring is 1. The molecule has 0 fully saturated rings. The van der Waals surface area contributed by atoms with Crippen molar-refractivity contribution in [2.45, 2.75) is 13.5 Å². The Balaban J connectivity index is 2.13. The maximum atomic E-state index is 13.1. The van der Waals surface area contributed by atoms with Crippen LogP contribution in [0.3, 0.4) is 0 Å². The number of anilines is 1. The van der Waals surface area contributed by atoms with E-state index in [9.17, 15) is 9.18 Å². The Bertz CT molecular complexity index is 704. The van der Waals surface area contributed by atoms with Crippen molar-refractivity contribution in [1.82, 2.24) is 0 Å². The summed E-state index contributed by atoms with van der Waals surface area (Å²) in [6.45, 7) is 1.82. The van der Waals surface area contributed by atoms with Gasteiger partial charge >= 0.3 is 5.97 Å². The molecule has 110 valence electrons. The zero-order chi connectivity index (χ0) is 15.6. The first-order valence-electron chi connectivity index (χ1n) is 6.05. The molecule has 2 aromatic rings. The number of rotatable bonds is 3. The molecule has 0 amide bonds. The van der Waals surface area contributed by atoms with Crippen molar-refractivity contribution in [2.75, 3.05) is 5.73 Å². The molecule has 0 spiro atoms. The average Bonchev–Trinajstić information content (AvgIpc) is 2.43. The first-order chi connectivity index (χ1) is 9.88. The summed E-state index contributed by atoms with van der Waals surface area (Å²) < 4.78 is 19.4. The standard InChI is InChI=1S/C15H12Br2FNO2/c1-8-11(5-10(16)6-14(8)19)15(20)21-7-9-2-3-13(18)12(17)4-9/h2-6H,7,19H2,1H3. The number of esters is 1. The van der Waals surface area contributed by atoms with E-state index in [4.69, 9.17) is 10.5 Å². The van der Waals surface area contributed by atoms with Crippen molar-refractivity contribution in [1.29, 1.82) is 0 Å².